The number of oxazole rings is 1. The summed E-state index contributed by atoms with van der Waals surface area (Å²) in [7, 11) is -0.628. The maximum absolute atomic E-state index is 12.9. The van der Waals surface area contributed by atoms with E-state index in [1.54, 1.807) is 0 Å². The molecule has 1 aliphatic carbocycles. The number of nitrogens with one attached hydrogen (secondary N) is 1. The van der Waals surface area contributed by atoms with Crippen LogP contribution in [0.25, 0.3) is 28.3 Å². The molecule has 0 bridgehead atoms. The number of ether oxygens (including phenoxy) is 1. The quantitative estimate of drug-likeness (QED) is 0.296. The Bertz CT molecular complexity index is 1510. The minimum atomic E-state index is -0.628. The Hall–Kier alpha value is -3.88. The predicted molar refractivity (Wildman–Crippen MR) is 151 cm³/mol. The average molecular weight is 522 g/mol. The summed E-state index contributed by atoms with van der Waals surface area (Å²) in [5.74, 6) is -0.00422. The lowest BCUT2D eigenvalue weighted by Crippen LogP contribution is -2.41. The number of alkyl carbamates (subject to hydrolysis) is 1. The van der Waals surface area contributed by atoms with Gasteiger partial charge in [-0.25, -0.2) is 9.78 Å². The van der Waals surface area contributed by atoms with Crippen LogP contribution in [-0.2, 0) is 14.0 Å². The highest BCUT2D eigenvalue weighted by molar-refractivity contribution is 6.56. The van der Waals surface area contributed by atoms with Crippen LogP contribution in [0.2, 0.25) is 0 Å². The molecule has 3 aromatic carbocycles. The molecule has 8 heteroatoms. The van der Waals surface area contributed by atoms with E-state index in [1.807, 2.05) is 76.2 Å². The van der Waals surface area contributed by atoms with E-state index >= 15 is 0 Å². The maximum atomic E-state index is 12.9. The normalized spacial score (nSPS) is 17.7. The average Bonchev–Trinajstić information content (AvgIpc) is 3.57. The summed E-state index contributed by atoms with van der Waals surface area (Å²) in [6.07, 6.45) is 2.89. The molecule has 198 valence electrons. The van der Waals surface area contributed by atoms with E-state index in [0.717, 1.165) is 16.6 Å². The molecule has 0 atom stereocenters. The molecule has 7 nitrogen and oxygen atoms in total. The molecule has 1 fully saturated rings. The zero-order chi connectivity index (χ0) is 27.2. The van der Waals surface area contributed by atoms with Crippen LogP contribution < -0.4 is 5.32 Å². The molecule has 1 amide bonds. The summed E-state index contributed by atoms with van der Waals surface area (Å²) >= 11 is 0. The summed E-state index contributed by atoms with van der Waals surface area (Å²) in [6, 6.07) is 22.3. The van der Waals surface area contributed by atoms with Crippen molar-refractivity contribution < 1.29 is 23.3 Å². The van der Waals surface area contributed by atoms with Crippen molar-refractivity contribution in [3.63, 3.8) is 0 Å². The summed E-state index contributed by atoms with van der Waals surface area (Å²) in [4.78, 5) is 17.2. The highest BCUT2D eigenvalue weighted by Gasteiger charge is 2.52. The molecule has 1 N–H and O–H groups in total. The van der Waals surface area contributed by atoms with Gasteiger partial charge in [-0.3, -0.25) is 0 Å². The third-order valence-electron chi connectivity index (χ3n) is 8.04. The second-order valence-corrected chi connectivity index (χ2v) is 11.1. The van der Waals surface area contributed by atoms with Crippen LogP contribution in [0.4, 0.5) is 4.79 Å². The van der Waals surface area contributed by atoms with Crippen molar-refractivity contribution in [3.8, 4) is 11.1 Å². The third kappa shape index (κ3) is 4.75. The number of amides is 1. The minimum Gasteiger partial charge on any atom is -0.449 e. The fourth-order valence-corrected chi connectivity index (χ4v) is 5.20. The van der Waals surface area contributed by atoms with Gasteiger partial charge in [0.05, 0.1) is 11.2 Å². The van der Waals surface area contributed by atoms with Gasteiger partial charge in [0.1, 0.15) is 12.1 Å². The third-order valence-corrected chi connectivity index (χ3v) is 8.04. The van der Waals surface area contributed by atoms with E-state index in [4.69, 9.17) is 18.5 Å². The molecular weight excluding hydrogens is 491 g/mol. The highest BCUT2D eigenvalue weighted by atomic mass is 16.7. The van der Waals surface area contributed by atoms with Gasteiger partial charge in [0.25, 0.3) is 0 Å². The number of carbonyl (C=O) groups excluding carboxylic acids is 1. The zero-order valence-corrected chi connectivity index (χ0v) is 22.6. The monoisotopic (exact) mass is 522 g/mol. The van der Waals surface area contributed by atoms with Gasteiger partial charge in [-0.15, -0.1) is 0 Å². The van der Waals surface area contributed by atoms with Gasteiger partial charge in [0.15, 0.2) is 12.0 Å². The molecule has 2 aliphatic rings. The number of nitrogens with zero attached hydrogens (tertiary/aromatic N) is 1. The first-order valence-corrected chi connectivity index (χ1v) is 13.2. The predicted octanol–water partition coefficient (Wildman–Crippen LogP) is 6.38. The number of fused-ring (bicyclic) bond motifs is 4. The van der Waals surface area contributed by atoms with Crippen LogP contribution in [0, 0.1) is 0 Å². The first kappa shape index (κ1) is 25.4. The molecule has 4 aromatic rings. The first-order chi connectivity index (χ1) is 18.7. The Kier molecular flexibility index (Phi) is 6.32. The minimum absolute atomic E-state index is 0.00422. The van der Waals surface area contributed by atoms with Crippen LogP contribution in [-0.4, -0.2) is 42.5 Å². The number of carbonyl (C=O) groups is 1. The second-order valence-electron chi connectivity index (χ2n) is 11.1. The number of aromatic nitrogens is 1. The van der Waals surface area contributed by atoms with Crippen molar-refractivity contribution >= 4 is 30.4 Å². The number of rotatable bonds is 6. The summed E-state index contributed by atoms with van der Waals surface area (Å²) in [6.45, 7) is 8.47. The lowest BCUT2D eigenvalue weighted by Gasteiger charge is -2.32. The van der Waals surface area contributed by atoms with Gasteiger partial charge in [-0.1, -0.05) is 60.7 Å². The van der Waals surface area contributed by atoms with Crippen molar-refractivity contribution in [2.45, 2.75) is 44.8 Å². The van der Waals surface area contributed by atoms with Crippen molar-refractivity contribution in [2.24, 2.45) is 0 Å². The molecule has 2 heterocycles. The summed E-state index contributed by atoms with van der Waals surface area (Å²) < 4.78 is 23.7. The van der Waals surface area contributed by atoms with Crippen molar-refractivity contribution in [1.29, 1.82) is 0 Å². The van der Waals surface area contributed by atoms with Crippen LogP contribution in [0.15, 0.2) is 83.0 Å². The zero-order valence-electron chi connectivity index (χ0n) is 22.6. The SMILES string of the molecule is CC1(C)OB(C(=Cc2ccc3ocnc3c2)CNC(=O)OCC2c3ccccc3-c3ccccc32)OC1(C)C. The van der Waals surface area contributed by atoms with Crippen molar-refractivity contribution in [1.82, 2.24) is 10.3 Å². The standard InChI is InChI=1S/C31H31BN2O5/c1-30(2)31(3,4)39-32(38-30)21(15-20-13-14-28-27(16-20)34-19-37-28)17-33-29(35)36-18-26-24-11-7-5-9-22(24)23-10-6-8-12-25(23)26/h5-16,19,26H,17-18H2,1-4H3,(H,33,35). The van der Waals surface area contributed by atoms with E-state index in [2.05, 4.69) is 34.6 Å². The van der Waals surface area contributed by atoms with Crippen LogP contribution in [0.1, 0.15) is 50.3 Å². The first-order valence-electron chi connectivity index (χ1n) is 13.2. The van der Waals surface area contributed by atoms with Crippen LogP contribution >= 0.6 is 0 Å². The Morgan fingerprint density at radius 3 is 2.28 bits per heavy atom. The largest absolute Gasteiger partial charge is 0.492 e. The molecule has 6 rings (SSSR count). The number of hydrogen-bond acceptors (Lipinski definition) is 6. The second kappa shape index (κ2) is 9.70. The Morgan fingerprint density at radius 2 is 1.62 bits per heavy atom. The summed E-state index contributed by atoms with van der Waals surface area (Å²) in [5.41, 5.74) is 6.82. The van der Waals surface area contributed by atoms with E-state index in [-0.39, 0.29) is 19.1 Å². The van der Waals surface area contributed by atoms with Gasteiger partial charge < -0.3 is 23.8 Å². The van der Waals surface area contributed by atoms with Crippen molar-refractivity contribution in [3.05, 3.63) is 95.3 Å². The number of hydrogen-bond donors (Lipinski definition) is 1. The molecule has 0 radical (unpaired) electrons. The lowest BCUT2D eigenvalue weighted by atomic mass is 9.77. The molecule has 1 aliphatic heterocycles. The van der Waals surface area contributed by atoms with Crippen LogP contribution in [0.5, 0.6) is 0 Å². The van der Waals surface area contributed by atoms with E-state index < -0.39 is 24.4 Å². The Balaban J connectivity index is 1.18. The lowest BCUT2D eigenvalue weighted by molar-refractivity contribution is 0.00578. The van der Waals surface area contributed by atoms with E-state index in [0.29, 0.717) is 5.58 Å². The molecule has 0 spiro atoms. The Labute approximate surface area is 228 Å². The Morgan fingerprint density at radius 1 is 0.974 bits per heavy atom. The summed E-state index contributed by atoms with van der Waals surface area (Å²) in [5, 5.41) is 2.92. The van der Waals surface area contributed by atoms with Crippen LogP contribution in [0.3, 0.4) is 0 Å². The topological polar surface area (TPSA) is 82.8 Å². The van der Waals surface area contributed by atoms with Gasteiger partial charge >= 0.3 is 13.2 Å². The molecule has 0 unspecified atom stereocenters. The maximum Gasteiger partial charge on any atom is 0.492 e. The number of benzene rings is 3. The fourth-order valence-electron chi connectivity index (χ4n) is 5.20. The van der Waals surface area contributed by atoms with E-state index in [9.17, 15) is 4.79 Å². The molecule has 1 aromatic heterocycles. The molecule has 39 heavy (non-hydrogen) atoms. The highest BCUT2D eigenvalue weighted by Crippen LogP contribution is 2.44. The van der Waals surface area contributed by atoms with Crippen molar-refractivity contribution in [2.75, 3.05) is 13.2 Å². The fraction of sp³-hybridized carbons (Fsp3) is 0.290. The van der Waals surface area contributed by atoms with Gasteiger partial charge in [-0.2, -0.15) is 0 Å². The molecule has 1 saturated heterocycles. The smallest absolute Gasteiger partial charge is 0.449 e. The van der Waals surface area contributed by atoms with Gasteiger partial charge in [0.2, 0.25) is 0 Å². The van der Waals surface area contributed by atoms with E-state index in [1.165, 1.54) is 28.6 Å². The molecule has 0 saturated carbocycles. The van der Waals surface area contributed by atoms with Gasteiger partial charge in [-0.05, 0) is 73.1 Å². The van der Waals surface area contributed by atoms with Gasteiger partial charge in [0, 0.05) is 12.5 Å². The molecular formula is C31H31BN2O5.